The highest BCUT2D eigenvalue weighted by Gasteiger charge is 2.21. The number of fused-ring (bicyclic) bond motifs is 1. The van der Waals surface area contributed by atoms with Gasteiger partial charge in [-0.05, 0) is 54.6 Å². The van der Waals surface area contributed by atoms with Gasteiger partial charge in [0.15, 0.2) is 0 Å². The van der Waals surface area contributed by atoms with E-state index in [9.17, 15) is 9.59 Å². The maximum atomic E-state index is 12.9. The van der Waals surface area contributed by atoms with Crippen LogP contribution >= 0.6 is 0 Å². The maximum Gasteiger partial charge on any atom is 0.256 e. The average Bonchev–Trinajstić information content (AvgIpc) is 3.30. The molecule has 0 atom stereocenters. The lowest BCUT2D eigenvalue weighted by Gasteiger charge is -2.34. The van der Waals surface area contributed by atoms with Gasteiger partial charge in [-0.2, -0.15) is 0 Å². The molecule has 2 heterocycles. The molecular weight excluding hydrogens is 438 g/mol. The molecule has 2 aliphatic rings. The topological polar surface area (TPSA) is 77.0 Å². The quantitative estimate of drug-likeness (QED) is 0.605. The molecule has 5 rings (SSSR count). The fourth-order valence-corrected chi connectivity index (χ4v) is 4.38. The fraction of sp³-hybridized carbons (Fsp3) is 0.250. The summed E-state index contributed by atoms with van der Waals surface area (Å²) in [5.74, 6) is 0.139. The second-order valence-electron chi connectivity index (χ2n) is 9.00. The third-order valence-electron chi connectivity index (χ3n) is 6.56. The Balaban J connectivity index is 1.23. The van der Waals surface area contributed by atoms with Gasteiger partial charge < -0.3 is 20.4 Å². The number of anilines is 1. The summed E-state index contributed by atoms with van der Waals surface area (Å²) >= 11 is 0. The van der Waals surface area contributed by atoms with Crippen LogP contribution in [0.1, 0.15) is 37.4 Å². The minimum Gasteiger partial charge on any atom is -0.369 e. The Morgan fingerprint density at radius 2 is 1.57 bits per heavy atom. The summed E-state index contributed by atoms with van der Waals surface area (Å²) in [6, 6.07) is 23.0. The number of likely N-dealkylation sites (N-methyl/N-ethyl adjacent to an activating group) is 1. The van der Waals surface area contributed by atoms with Crippen LogP contribution in [0.3, 0.4) is 0 Å². The smallest absolute Gasteiger partial charge is 0.256 e. The van der Waals surface area contributed by atoms with Gasteiger partial charge in [-0.3, -0.25) is 14.6 Å². The van der Waals surface area contributed by atoms with Gasteiger partial charge in [0.05, 0.1) is 6.54 Å². The Labute approximate surface area is 205 Å². The van der Waals surface area contributed by atoms with Crippen LogP contribution in [0.2, 0.25) is 0 Å². The standard InChI is InChI=1S/C28H29N5O2/c1-32-13-15-33(16-14-32)24-11-9-21(10-12-24)28(35)31-26-25-17-22(7-8-23(25)19-29-26)27(34)30-18-20-5-3-2-4-6-20/h2-12,17H,13-16,18-19H2,1H3,(H,30,34)(H,29,31,35). The van der Waals surface area contributed by atoms with Crippen molar-refractivity contribution in [3.05, 3.63) is 101 Å². The van der Waals surface area contributed by atoms with E-state index in [4.69, 9.17) is 0 Å². The first-order chi connectivity index (χ1) is 17.1. The van der Waals surface area contributed by atoms with Gasteiger partial charge in [-0.15, -0.1) is 0 Å². The molecule has 0 spiro atoms. The second kappa shape index (κ2) is 10.1. The minimum absolute atomic E-state index is 0.159. The number of aliphatic imine (C=N–C) groups is 1. The Morgan fingerprint density at radius 1 is 0.857 bits per heavy atom. The highest BCUT2D eigenvalue weighted by atomic mass is 16.2. The molecule has 0 radical (unpaired) electrons. The fourth-order valence-electron chi connectivity index (χ4n) is 4.38. The summed E-state index contributed by atoms with van der Waals surface area (Å²) in [6.07, 6.45) is 0. The predicted octanol–water partition coefficient (Wildman–Crippen LogP) is 3.06. The van der Waals surface area contributed by atoms with Crippen LogP contribution in [0.25, 0.3) is 0 Å². The molecule has 178 valence electrons. The number of hydrogen-bond acceptors (Lipinski definition) is 5. The number of rotatable bonds is 5. The molecule has 1 fully saturated rings. The number of nitrogens with one attached hydrogen (secondary N) is 2. The highest BCUT2D eigenvalue weighted by Crippen LogP contribution is 2.21. The molecule has 2 N–H and O–H groups in total. The normalized spacial score (nSPS) is 15.3. The van der Waals surface area contributed by atoms with Gasteiger partial charge in [0, 0.05) is 55.1 Å². The Hall–Kier alpha value is -3.97. The highest BCUT2D eigenvalue weighted by molar-refractivity contribution is 6.15. The van der Waals surface area contributed by atoms with Crippen molar-refractivity contribution in [3.63, 3.8) is 0 Å². The Bertz CT molecular complexity index is 1250. The van der Waals surface area contributed by atoms with Crippen molar-refractivity contribution in [1.82, 2.24) is 15.5 Å². The van der Waals surface area contributed by atoms with E-state index in [2.05, 4.69) is 32.5 Å². The molecule has 7 nitrogen and oxygen atoms in total. The number of piperazine rings is 1. The van der Waals surface area contributed by atoms with Crippen molar-refractivity contribution in [2.24, 2.45) is 4.99 Å². The molecule has 2 amide bonds. The summed E-state index contributed by atoms with van der Waals surface area (Å²) in [4.78, 5) is 34.8. The van der Waals surface area contributed by atoms with Gasteiger partial charge in [-0.25, -0.2) is 0 Å². The van der Waals surface area contributed by atoms with Gasteiger partial charge in [0.1, 0.15) is 5.84 Å². The molecule has 3 aromatic carbocycles. The van der Waals surface area contributed by atoms with E-state index in [0.717, 1.165) is 48.6 Å². The van der Waals surface area contributed by atoms with Crippen molar-refractivity contribution in [2.45, 2.75) is 13.1 Å². The number of nitrogens with zero attached hydrogens (tertiary/aromatic N) is 3. The molecular formula is C28H29N5O2. The number of benzene rings is 3. The number of amidine groups is 1. The van der Waals surface area contributed by atoms with E-state index >= 15 is 0 Å². The molecule has 0 unspecified atom stereocenters. The van der Waals surface area contributed by atoms with Crippen LogP contribution in [-0.4, -0.2) is 55.8 Å². The van der Waals surface area contributed by atoms with Crippen LogP contribution in [0.4, 0.5) is 5.69 Å². The third-order valence-corrected chi connectivity index (χ3v) is 6.56. The largest absolute Gasteiger partial charge is 0.369 e. The van der Waals surface area contributed by atoms with E-state index in [0.29, 0.717) is 30.1 Å². The van der Waals surface area contributed by atoms with Crippen LogP contribution < -0.4 is 15.5 Å². The lowest BCUT2D eigenvalue weighted by Crippen LogP contribution is -2.44. The number of carbonyl (C=O) groups is 2. The second-order valence-corrected chi connectivity index (χ2v) is 9.00. The van der Waals surface area contributed by atoms with E-state index in [1.54, 1.807) is 12.1 Å². The van der Waals surface area contributed by atoms with Crippen LogP contribution in [0, 0.1) is 0 Å². The van der Waals surface area contributed by atoms with Crippen molar-refractivity contribution in [3.8, 4) is 0 Å². The Kier molecular flexibility index (Phi) is 6.59. The summed E-state index contributed by atoms with van der Waals surface area (Å²) < 4.78 is 0. The zero-order chi connectivity index (χ0) is 24.2. The van der Waals surface area contributed by atoms with Crippen LogP contribution in [0.5, 0.6) is 0 Å². The van der Waals surface area contributed by atoms with E-state index in [-0.39, 0.29) is 11.8 Å². The molecule has 0 aliphatic carbocycles. The molecule has 0 bridgehead atoms. The monoisotopic (exact) mass is 467 g/mol. The van der Waals surface area contributed by atoms with Crippen molar-refractivity contribution in [2.75, 3.05) is 38.1 Å². The minimum atomic E-state index is -0.208. The van der Waals surface area contributed by atoms with E-state index in [1.165, 1.54) is 0 Å². The summed E-state index contributed by atoms with van der Waals surface area (Å²) in [5.41, 5.74) is 5.07. The predicted molar refractivity (Wildman–Crippen MR) is 138 cm³/mol. The zero-order valence-electron chi connectivity index (χ0n) is 19.8. The van der Waals surface area contributed by atoms with Crippen LogP contribution in [-0.2, 0) is 13.1 Å². The molecule has 35 heavy (non-hydrogen) atoms. The number of amides is 2. The third kappa shape index (κ3) is 5.25. The lowest BCUT2D eigenvalue weighted by molar-refractivity contribution is 0.0949. The molecule has 1 saturated heterocycles. The lowest BCUT2D eigenvalue weighted by atomic mass is 10.0. The molecule has 3 aromatic rings. The summed E-state index contributed by atoms with van der Waals surface area (Å²) in [5, 5.41) is 5.89. The SMILES string of the molecule is CN1CCN(c2ccc(C(=O)NC3=NCc4ccc(C(=O)NCc5ccccc5)cc43)cc2)CC1. The first-order valence-electron chi connectivity index (χ1n) is 11.9. The van der Waals surface area contributed by atoms with E-state index in [1.807, 2.05) is 60.7 Å². The van der Waals surface area contributed by atoms with Crippen molar-refractivity contribution >= 4 is 23.3 Å². The van der Waals surface area contributed by atoms with Crippen molar-refractivity contribution in [1.29, 1.82) is 0 Å². The average molecular weight is 468 g/mol. The first-order valence-corrected chi connectivity index (χ1v) is 11.9. The maximum absolute atomic E-state index is 12.9. The number of carbonyl (C=O) groups excluding carboxylic acids is 2. The zero-order valence-corrected chi connectivity index (χ0v) is 19.8. The van der Waals surface area contributed by atoms with Gasteiger partial charge in [0.25, 0.3) is 11.8 Å². The first kappa shape index (κ1) is 22.8. The van der Waals surface area contributed by atoms with E-state index < -0.39 is 0 Å². The molecule has 2 aliphatic heterocycles. The van der Waals surface area contributed by atoms with Crippen molar-refractivity contribution < 1.29 is 9.59 Å². The summed E-state index contributed by atoms with van der Waals surface area (Å²) in [7, 11) is 2.13. The summed E-state index contributed by atoms with van der Waals surface area (Å²) in [6.45, 7) is 4.98. The molecule has 0 aromatic heterocycles. The van der Waals surface area contributed by atoms with Crippen LogP contribution in [0.15, 0.2) is 77.8 Å². The molecule has 7 heteroatoms. The molecule has 0 saturated carbocycles. The van der Waals surface area contributed by atoms with Gasteiger partial charge in [0.2, 0.25) is 0 Å². The van der Waals surface area contributed by atoms with Gasteiger partial charge >= 0.3 is 0 Å². The number of hydrogen-bond donors (Lipinski definition) is 2. The Morgan fingerprint density at radius 3 is 2.31 bits per heavy atom. The van der Waals surface area contributed by atoms with Gasteiger partial charge in [-0.1, -0.05) is 36.4 Å².